The maximum Gasteiger partial charge on any atom is 0.269 e. The number of aryl methyl sites for hydroxylation is 1. The number of rotatable bonds is 2. The number of fused-ring (bicyclic) bond motifs is 3. The van der Waals surface area contributed by atoms with E-state index >= 15 is 0 Å². The second-order valence-corrected chi connectivity index (χ2v) is 7.77. The number of piperidine rings is 1. The van der Waals surface area contributed by atoms with Gasteiger partial charge in [0.15, 0.2) is 0 Å². The molecule has 1 fully saturated rings. The van der Waals surface area contributed by atoms with Crippen LogP contribution in [0.15, 0.2) is 18.5 Å². The molecule has 0 spiro atoms. The molecule has 3 aromatic heterocycles. The van der Waals surface area contributed by atoms with Gasteiger partial charge in [-0.2, -0.15) is 8.42 Å². The van der Waals surface area contributed by atoms with Crippen molar-refractivity contribution in [2.24, 2.45) is 0 Å². The van der Waals surface area contributed by atoms with E-state index in [1.807, 2.05) is 11.0 Å². The maximum absolute atomic E-state index is 11.5. The zero-order valence-corrected chi connectivity index (χ0v) is 13.9. The predicted molar refractivity (Wildman–Crippen MR) is 90.7 cm³/mol. The van der Waals surface area contributed by atoms with E-state index in [0.717, 1.165) is 21.9 Å². The van der Waals surface area contributed by atoms with Gasteiger partial charge in [-0.05, 0) is 25.8 Å². The second-order valence-electron chi connectivity index (χ2n) is 6.08. The van der Waals surface area contributed by atoms with Gasteiger partial charge >= 0.3 is 0 Å². The van der Waals surface area contributed by atoms with Gasteiger partial charge in [0.25, 0.3) is 10.1 Å². The molecule has 8 nitrogen and oxygen atoms in total. The van der Waals surface area contributed by atoms with E-state index in [1.165, 1.54) is 0 Å². The van der Waals surface area contributed by atoms with Crippen molar-refractivity contribution in [3.05, 3.63) is 24.3 Å². The van der Waals surface area contributed by atoms with Crippen LogP contribution in [0, 0.1) is 6.92 Å². The lowest BCUT2D eigenvalue weighted by atomic mass is 10.1. The quantitative estimate of drug-likeness (QED) is 0.678. The smallest absolute Gasteiger partial charge is 0.269 e. The van der Waals surface area contributed by atoms with E-state index in [0.29, 0.717) is 31.0 Å². The summed E-state index contributed by atoms with van der Waals surface area (Å²) < 4.78 is 32.5. The normalized spacial score (nSPS) is 19.2. The molecule has 0 radical (unpaired) electrons. The third-order valence-electron chi connectivity index (χ3n) is 4.44. The first-order valence-corrected chi connectivity index (χ1v) is 9.25. The molecule has 4 rings (SSSR count). The third kappa shape index (κ3) is 2.49. The Kier molecular flexibility index (Phi) is 3.43. The van der Waals surface area contributed by atoms with E-state index in [-0.39, 0.29) is 6.54 Å². The number of H-pyrrole nitrogens is 1. The fourth-order valence-electron chi connectivity index (χ4n) is 3.33. The molecular formula is C15H17N5O3S. The van der Waals surface area contributed by atoms with Gasteiger partial charge in [-0.1, -0.05) is 0 Å². The summed E-state index contributed by atoms with van der Waals surface area (Å²) in [6.07, 6.45) is 4.63. The summed E-state index contributed by atoms with van der Waals surface area (Å²) in [6, 6.07) is 1.91. The Labute approximate surface area is 138 Å². The molecule has 0 amide bonds. The Hall–Kier alpha value is -2.26. The van der Waals surface area contributed by atoms with Crippen LogP contribution in [0.1, 0.15) is 18.7 Å². The lowest BCUT2D eigenvalue weighted by Gasteiger charge is -2.32. The maximum atomic E-state index is 11.5. The van der Waals surface area contributed by atoms with Crippen molar-refractivity contribution in [2.45, 2.75) is 25.0 Å². The van der Waals surface area contributed by atoms with Crippen LogP contribution in [0.4, 0.5) is 5.82 Å². The monoisotopic (exact) mass is 347 g/mol. The summed E-state index contributed by atoms with van der Waals surface area (Å²) in [5.41, 5.74) is 1.46. The van der Waals surface area contributed by atoms with Crippen LogP contribution in [-0.4, -0.2) is 51.2 Å². The largest absolute Gasteiger partial charge is 0.355 e. The second kappa shape index (κ2) is 5.38. The highest BCUT2D eigenvalue weighted by molar-refractivity contribution is 7.86. The highest BCUT2D eigenvalue weighted by Gasteiger charge is 2.31. The number of nitrogens with one attached hydrogen (secondary N) is 1. The van der Waals surface area contributed by atoms with Gasteiger partial charge in [0.2, 0.25) is 0 Å². The predicted octanol–water partition coefficient (Wildman–Crippen LogP) is 1.67. The Morgan fingerprint density at radius 2 is 2.21 bits per heavy atom. The van der Waals surface area contributed by atoms with Crippen LogP contribution in [-0.2, 0) is 10.1 Å². The van der Waals surface area contributed by atoms with E-state index in [2.05, 4.69) is 19.9 Å². The van der Waals surface area contributed by atoms with Crippen molar-refractivity contribution in [3.8, 4) is 0 Å². The molecule has 0 aromatic carbocycles. The van der Waals surface area contributed by atoms with Crippen molar-refractivity contribution >= 4 is 37.9 Å². The van der Waals surface area contributed by atoms with Crippen LogP contribution in [0.3, 0.4) is 0 Å². The van der Waals surface area contributed by atoms with E-state index in [1.54, 1.807) is 19.3 Å². The lowest BCUT2D eigenvalue weighted by molar-refractivity contribution is 0.446. The first-order valence-electron chi connectivity index (χ1n) is 7.75. The van der Waals surface area contributed by atoms with Crippen LogP contribution in [0.2, 0.25) is 0 Å². The third-order valence-corrected chi connectivity index (χ3v) is 5.67. The van der Waals surface area contributed by atoms with Crippen LogP contribution in [0.25, 0.3) is 21.9 Å². The Bertz CT molecular complexity index is 1030. The molecule has 9 heteroatoms. The highest BCUT2D eigenvalue weighted by atomic mass is 32.2. The van der Waals surface area contributed by atoms with Gasteiger partial charge in [-0.3, -0.25) is 4.55 Å². The molecule has 2 N–H and O–H groups in total. The Morgan fingerprint density at radius 1 is 1.38 bits per heavy atom. The van der Waals surface area contributed by atoms with Crippen molar-refractivity contribution in [3.63, 3.8) is 0 Å². The summed E-state index contributed by atoms with van der Waals surface area (Å²) in [6.45, 7) is 2.71. The molecule has 0 saturated carbocycles. The average molecular weight is 347 g/mol. The van der Waals surface area contributed by atoms with Crippen molar-refractivity contribution in [1.82, 2.24) is 19.9 Å². The molecule has 1 aliphatic rings. The molecule has 126 valence electrons. The molecule has 24 heavy (non-hydrogen) atoms. The fourth-order valence-corrected chi connectivity index (χ4v) is 4.16. The Morgan fingerprint density at radius 3 is 3.00 bits per heavy atom. The van der Waals surface area contributed by atoms with Crippen molar-refractivity contribution in [1.29, 1.82) is 0 Å². The first-order chi connectivity index (χ1) is 11.4. The molecule has 0 aliphatic carbocycles. The summed E-state index contributed by atoms with van der Waals surface area (Å²) in [7, 11) is -4.07. The van der Waals surface area contributed by atoms with E-state index < -0.39 is 15.4 Å². The summed E-state index contributed by atoms with van der Waals surface area (Å²) in [4.78, 5) is 18.4. The minimum Gasteiger partial charge on any atom is -0.355 e. The van der Waals surface area contributed by atoms with Gasteiger partial charge in [-0.25, -0.2) is 15.0 Å². The van der Waals surface area contributed by atoms with Crippen molar-refractivity contribution < 1.29 is 13.0 Å². The molecule has 0 bridgehead atoms. The minimum atomic E-state index is -4.07. The number of pyridine rings is 1. The number of hydrogen-bond donors (Lipinski definition) is 2. The van der Waals surface area contributed by atoms with Gasteiger partial charge < -0.3 is 9.88 Å². The van der Waals surface area contributed by atoms with Gasteiger partial charge in [-0.15, -0.1) is 0 Å². The SMILES string of the molecule is Cc1nc(N2CCCC(S(=O)(=O)O)C2)c2c(cnc3[nH]ccc32)n1. The zero-order valence-electron chi connectivity index (χ0n) is 13.1. The van der Waals surface area contributed by atoms with Gasteiger partial charge in [0, 0.05) is 24.7 Å². The molecule has 1 unspecified atom stereocenters. The summed E-state index contributed by atoms with van der Waals surface area (Å²) in [5.74, 6) is 1.29. The van der Waals surface area contributed by atoms with Gasteiger partial charge in [0.05, 0.1) is 17.1 Å². The molecule has 3 aromatic rings. The topological polar surface area (TPSA) is 112 Å². The molecule has 1 saturated heterocycles. The standard InChI is InChI=1S/C15H17N5O3S/c1-9-18-12-7-17-14-11(4-5-16-14)13(12)15(19-9)20-6-2-3-10(8-20)24(21,22)23/h4-5,7,10H,2-3,6,8H2,1H3,(H,16,17)(H,21,22,23). The number of anilines is 1. The number of aromatic nitrogens is 4. The van der Waals surface area contributed by atoms with Crippen LogP contribution >= 0.6 is 0 Å². The lowest BCUT2D eigenvalue weighted by Crippen LogP contribution is -2.42. The molecule has 1 atom stereocenters. The Balaban J connectivity index is 1.90. The minimum absolute atomic E-state index is 0.221. The highest BCUT2D eigenvalue weighted by Crippen LogP contribution is 2.32. The van der Waals surface area contributed by atoms with Crippen LogP contribution in [0.5, 0.6) is 0 Å². The molecule has 4 heterocycles. The first kappa shape index (κ1) is 15.3. The van der Waals surface area contributed by atoms with Crippen LogP contribution < -0.4 is 4.90 Å². The summed E-state index contributed by atoms with van der Waals surface area (Å²) in [5, 5.41) is 0.958. The van der Waals surface area contributed by atoms with Crippen molar-refractivity contribution in [2.75, 3.05) is 18.0 Å². The number of hydrogen-bond acceptors (Lipinski definition) is 6. The summed E-state index contributed by atoms with van der Waals surface area (Å²) >= 11 is 0. The van der Waals surface area contributed by atoms with Gasteiger partial charge in [0.1, 0.15) is 22.5 Å². The number of aromatic amines is 1. The molecule has 1 aliphatic heterocycles. The fraction of sp³-hybridized carbons (Fsp3) is 0.400. The van der Waals surface area contributed by atoms with E-state index in [9.17, 15) is 13.0 Å². The molecular weight excluding hydrogens is 330 g/mol. The van der Waals surface area contributed by atoms with E-state index in [4.69, 9.17) is 0 Å². The number of nitrogens with zero attached hydrogens (tertiary/aromatic N) is 4. The average Bonchev–Trinajstić information content (AvgIpc) is 3.02. The zero-order chi connectivity index (χ0) is 16.9.